The third-order valence-corrected chi connectivity index (χ3v) is 21.9. The van der Waals surface area contributed by atoms with Crippen molar-refractivity contribution in [2.24, 2.45) is 0 Å². The molecule has 0 bridgehead atoms. The molecule has 12 rings (SSSR count). The lowest BCUT2D eigenvalue weighted by Gasteiger charge is -2.47. The van der Waals surface area contributed by atoms with E-state index in [1.807, 2.05) is 0 Å². The molecule has 0 unspecified atom stereocenters. The van der Waals surface area contributed by atoms with E-state index in [1.165, 1.54) is 158 Å². The molecule has 2 aliphatic heterocycles. The normalized spacial score (nSPS) is 21.8. The molecule has 6 aliphatic rings. The average Bonchev–Trinajstić information content (AvgIpc) is 3.70. The number of rotatable bonds is 3. The quantitative estimate of drug-likeness (QED) is 0.163. The Morgan fingerprint density at radius 2 is 0.932 bits per heavy atom. The summed E-state index contributed by atoms with van der Waals surface area (Å²) >= 11 is 2.12. The molecule has 0 atom stereocenters. The van der Waals surface area contributed by atoms with Gasteiger partial charge in [-0.1, -0.05) is 162 Å². The number of fused-ring (bicyclic) bond motifs is 9. The molecule has 6 aromatic rings. The minimum atomic E-state index is -0.0255. The molecule has 0 saturated heterocycles. The summed E-state index contributed by atoms with van der Waals surface area (Å²) < 4.78 is 2.96. The van der Waals surface area contributed by atoms with Crippen molar-refractivity contribution in [3.8, 4) is 0 Å². The van der Waals surface area contributed by atoms with Crippen LogP contribution in [0.1, 0.15) is 251 Å². The SMILES string of the molecule is CC(C)(C)c1cc(N2c3cc4c(cc3B3c5sc6cc7c(cc6c5N(c5ccc6c(c5)C(C)(C)CCC6(C)C)c5cc(C6CCCCC6)cc2c53)C(C)(C)CCC7(C)C)C(C)(C)CCC4(C)C)cc(C(C)(C)C)c1. The van der Waals surface area contributed by atoms with Crippen LogP contribution in [0.3, 0.4) is 0 Å². The molecule has 0 amide bonds. The Morgan fingerprint density at radius 3 is 1.47 bits per heavy atom. The Bertz CT molecular complexity index is 3280. The largest absolute Gasteiger partial charge is 0.311 e. The number of benzene rings is 5. The minimum absolute atomic E-state index is 0.0255. The van der Waals surface area contributed by atoms with Crippen LogP contribution in [0.15, 0.2) is 72.8 Å². The molecule has 5 aromatic carbocycles. The Morgan fingerprint density at radius 1 is 0.459 bits per heavy atom. The van der Waals surface area contributed by atoms with Gasteiger partial charge in [0.15, 0.2) is 0 Å². The van der Waals surface area contributed by atoms with Gasteiger partial charge in [-0.25, -0.2) is 0 Å². The zero-order valence-corrected chi connectivity index (χ0v) is 50.0. The second-order valence-electron chi connectivity index (χ2n) is 30.9. The van der Waals surface area contributed by atoms with E-state index in [2.05, 4.69) is 219 Å². The molecule has 4 heteroatoms. The molecule has 4 aliphatic carbocycles. The molecule has 1 fully saturated rings. The van der Waals surface area contributed by atoms with E-state index >= 15 is 0 Å². The summed E-state index contributed by atoms with van der Waals surface area (Å²) in [5.41, 5.74) is 25.3. The summed E-state index contributed by atoms with van der Waals surface area (Å²) in [7, 11) is 0. The number of hydrogen-bond donors (Lipinski definition) is 0. The highest BCUT2D eigenvalue weighted by Gasteiger charge is 2.50. The van der Waals surface area contributed by atoms with Crippen molar-refractivity contribution in [3.63, 3.8) is 0 Å². The van der Waals surface area contributed by atoms with Crippen LogP contribution in [0.5, 0.6) is 0 Å². The third kappa shape index (κ3) is 7.71. The van der Waals surface area contributed by atoms with E-state index < -0.39 is 0 Å². The second kappa shape index (κ2) is 16.1. The molecule has 0 radical (unpaired) electrons. The standard InChI is InChI=1S/C70H89BN2S/c1-63(2,3)44-34-45(64(4,5)6)36-47(35-44)72-56-40-53-52(68(13,14)29-30-69(53,15)16)39-55(56)71-60-57(72)32-43(42-22-20-19-21-23-42)33-58(60)73(46-24-25-49-50(37-46)66(9,10)27-26-65(49,7)8)61-48-38-51-54(41-59(48)74-62(61)71)70(17,18)31-28-67(51,11)12/h24-25,32-42H,19-23,26-31H2,1-18H3. The van der Waals surface area contributed by atoms with Crippen molar-refractivity contribution in [2.45, 2.75) is 244 Å². The topological polar surface area (TPSA) is 6.48 Å². The van der Waals surface area contributed by atoms with Crippen molar-refractivity contribution >= 4 is 78.0 Å². The van der Waals surface area contributed by atoms with Gasteiger partial charge >= 0.3 is 0 Å². The van der Waals surface area contributed by atoms with Gasteiger partial charge in [0.1, 0.15) is 0 Å². The number of anilines is 6. The van der Waals surface area contributed by atoms with Crippen molar-refractivity contribution in [2.75, 3.05) is 9.80 Å². The number of hydrogen-bond acceptors (Lipinski definition) is 3. The Hall–Kier alpha value is -4.28. The van der Waals surface area contributed by atoms with Gasteiger partial charge in [0.25, 0.3) is 6.71 Å². The average molecular weight is 1000 g/mol. The summed E-state index contributed by atoms with van der Waals surface area (Å²) in [5.74, 6) is 0.530. The number of thiophene rings is 1. The summed E-state index contributed by atoms with van der Waals surface area (Å²) in [6.45, 7) is 44.7. The van der Waals surface area contributed by atoms with E-state index in [1.54, 1.807) is 22.3 Å². The maximum absolute atomic E-state index is 2.85. The van der Waals surface area contributed by atoms with E-state index in [0.717, 1.165) is 0 Å². The first-order valence-corrected chi connectivity index (χ1v) is 30.1. The first-order chi connectivity index (χ1) is 34.4. The fraction of sp³-hybridized carbons (Fsp3) is 0.543. The van der Waals surface area contributed by atoms with Crippen LogP contribution in [-0.4, -0.2) is 6.71 Å². The molecule has 388 valence electrons. The third-order valence-electron chi connectivity index (χ3n) is 20.7. The molecule has 0 spiro atoms. The first-order valence-electron chi connectivity index (χ1n) is 29.3. The molecule has 2 nitrogen and oxygen atoms in total. The van der Waals surface area contributed by atoms with Gasteiger partial charge < -0.3 is 9.80 Å². The molecular formula is C70H89BN2S. The van der Waals surface area contributed by atoms with Crippen LogP contribution in [-0.2, 0) is 43.3 Å². The predicted octanol–water partition coefficient (Wildman–Crippen LogP) is 18.7. The van der Waals surface area contributed by atoms with Crippen molar-refractivity contribution in [1.82, 2.24) is 0 Å². The summed E-state index contributed by atoms with van der Waals surface area (Å²) in [6, 6.07) is 31.9. The maximum atomic E-state index is 2.85. The summed E-state index contributed by atoms with van der Waals surface area (Å²) in [4.78, 5) is 5.67. The molecule has 74 heavy (non-hydrogen) atoms. The second-order valence-corrected chi connectivity index (χ2v) is 32.0. The smallest absolute Gasteiger partial charge is 0.264 e. The molecule has 0 N–H and O–H groups in total. The lowest BCUT2D eigenvalue weighted by atomic mass is 9.35. The first kappa shape index (κ1) is 50.5. The van der Waals surface area contributed by atoms with Gasteiger partial charge in [0.05, 0.1) is 5.69 Å². The van der Waals surface area contributed by atoms with Gasteiger partial charge in [-0.05, 0) is 216 Å². The van der Waals surface area contributed by atoms with Crippen molar-refractivity contribution in [3.05, 3.63) is 123 Å². The zero-order chi connectivity index (χ0) is 52.8. The van der Waals surface area contributed by atoms with Crippen LogP contribution in [0.4, 0.5) is 34.1 Å². The molecule has 1 aromatic heterocycles. The number of nitrogens with zero attached hydrogens (tertiary/aromatic N) is 2. The van der Waals surface area contributed by atoms with Crippen LogP contribution < -0.4 is 25.5 Å². The Kier molecular flexibility index (Phi) is 11.0. The van der Waals surface area contributed by atoms with Gasteiger partial charge in [0.2, 0.25) is 0 Å². The molecule has 1 saturated carbocycles. The monoisotopic (exact) mass is 1000 g/mol. The van der Waals surface area contributed by atoms with Gasteiger partial charge in [-0.3, -0.25) is 0 Å². The van der Waals surface area contributed by atoms with Crippen molar-refractivity contribution in [1.29, 1.82) is 0 Å². The minimum Gasteiger partial charge on any atom is -0.311 e. The van der Waals surface area contributed by atoms with Crippen LogP contribution in [0.25, 0.3) is 10.1 Å². The molecule has 3 heterocycles. The van der Waals surface area contributed by atoms with Crippen LogP contribution in [0.2, 0.25) is 0 Å². The van der Waals surface area contributed by atoms with Gasteiger partial charge in [0, 0.05) is 43.3 Å². The van der Waals surface area contributed by atoms with Crippen molar-refractivity contribution < 1.29 is 0 Å². The lowest BCUT2D eigenvalue weighted by molar-refractivity contribution is 0.332. The fourth-order valence-electron chi connectivity index (χ4n) is 15.2. The lowest BCUT2D eigenvalue weighted by Crippen LogP contribution is -2.61. The highest BCUT2D eigenvalue weighted by molar-refractivity contribution is 7.33. The van der Waals surface area contributed by atoms with E-state index in [4.69, 9.17) is 0 Å². The predicted molar refractivity (Wildman–Crippen MR) is 325 cm³/mol. The zero-order valence-electron chi connectivity index (χ0n) is 49.2. The maximum Gasteiger partial charge on any atom is 0.264 e. The summed E-state index contributed by atoms with van der Waals surface area (Å²) in [6.07, 6.45) is 13.7. The highest BCUT2D eigenvalue weighted by atomic mass is 32.1. The van der Waals surface area contributed by atoms with E-state index in [9.17, 15) is 0 Å². The molecular weight excluding hydrogens is 912 g/mol. The van der Waals surface area contributed by atoms with E-state index in [0.29, 0.717) is 5.92 Å². The van der Waals surface area contributed by atoms with Crippen LogP contribution in [0, 0.1) is 0 Å². The van der Waals surface area contributed by atoms with Crippen LogP contribution >= 0.6 is 11.3 Å². The van der Waals surface area contributed by atoms with Gasteiger partial charge in [-0.15, -0.1) is 11.3 Å². The summed E-state index contributed by atoms with van der Waals surface area (Å²) in [5, 5.41) is 1.44. The highest BCUT2D eigenvalue weighted by Crippen LogP contribution is 2.56. The fourth-order valence-corrected chi connectivity index (χ4v) is 16.5. The Labute approximate surface area is 452 Å². The Balaban J connectivity index is 1.26. The van der Waals surface area contributed by atoms with Gasteiger partial charge in [-0.2, -0.15) is 0 Å². The van der Waals surface area contributed by atoms with E-state index in [-0.39, 0.29) is 50.0 Å².